The van der Waals surface area contributed by atoms with E-state index in [4.69, 9.17) is 4.74 Å². The first-order valence-corrected chi connectivity index (χ1v) is 9.42. The minimum Gasteiger partial charge on any atom is -0.505 e. The summed E-state index contributed by atoms with van der Waals surface area (Å²) in [5.41, 5.74) is 0.817. The minimum absolute atomic E-state index is 0. The van der Waals surface area contributed by atoms with Crippen molar-refractivity contribution in [2.24, 2.45) is 16.3 Å². The maximum atomic E-state index is 13.5. The molecule has 7 heteroatoms. The predicted octanol–water partition coefficient (Wildman–Crippen LogP) is 4.05. The van der Waals surface area contributed by atoms with Crippen molar-refractivity contribution in [1.82, 2.24) is 10.6 Å². The van der Waals surface area contributed by atoms with Gasteiger partial charge in [-0.3, -0.25) is 0 Å². The number of nitrogens with one attached hydrogen (secondary N) is 2. The molecule has 1 aromatic rings. The topological polar surface area (TPSA) is 65.9 Å². The molecule has 3 N–H and O–H groups in total. The SMILES string of the molecule is CCNC(=NCc1ccc(O)c(F)c1)NCC1CCCOC1C(C)(C)C.I. The van der Waals surface area contributed by atoms with Gasteiger partial charge in [0, 0.05) is 25.6 Å². The van der Waals surface area contributed by atoms with E-state index in [0.29, 0.717) is 24.0 Å². The fourth-order valence-corrected chi connectivity index (χ4v) is 3.40. The first-order valence-electron chi connectivity index (χ1n) is 9.42. The molecule has 2 rings (SSSR count). The van der Waals surface area contributed by atoms with Crippen LogP contribution in [0.15, 0.2) is 23.2 Å². The number of guanidine groups is 1. The van der Waals surface area contributed by atoms with Crippen molar-refractivity contribution >= 4 is 29.9 Å². The van der Waals surface area contributed by atoms with Gasteiger partial charge in [0.2, 0.25) is 0 Å². The summed E-state index contributed by atoms with van der Waals surface area (Å²) in [5.74, 6) is 0.175. The average Bonchev–Trinajstić information content (AvgIpc) is 2.59. The molecule has 2 unspecified atom stereocenters. The van der Waals surface area contributed by atoms with Crippen LogP contribution in [0.25, 0.3) is 0 Å². The summed E-state index contributed by atoms with van der Waals surface area (Å²) < 4.78 is 19.5. The zero-order valence-corrected chi connectivity index (χ0v) is 19.0. The van der Waals surface area contributed by atoms with E-state index in [0.717, 1.165) is 32.5 Å². The summed E-state index contributed by atoms with van der Waals surface area (Å²) in [6.07, 6.45) is 2.44. The smallest absolute Gasteiger partial charge is 0.191 e. The Hall–Kier alpha value is -1.09. The molecule has 0 aliphatic carbocycles. The number of rotatable bonds is 5. The summed E-state index contributed by atoms with van der Waals surface area (Å²) in [6, 6.07) is 4.34. The molecule has 154 valence electrons. The number of hydrogen-bond donors (Lipinski definition) is 3. The van der Waals surface area contributed by atoms with Gasteiger partial charge in [-0.05, 0) is 42.9 Å². The van der Waals surface area contributed by atoms with Crippen LogP contribution in [0.1, 0.15) is 46.1 Å². The number of phenols is 1. The molecule has 1 saturated heterocycles. The zero-order valence-electron chi connectivity index (χ0n) is 16.7. The summed E-state index contributed by atoms with van der Waals surface area (Å²) in [7, 11) is 0. The lowest BCUT2D eigenvalue weighted by Crippen LogP contribution is -2.47. The highest BCUT2D eigenvalue weighted by atomic mass is 127. The van der Waals surface area contributed by atoms with E-state index in [2.05, 4.69) is 36.4 Å². The molecule has 1 aliphatic rings. The number of aliphatic imine (C=N–C) groups is 1. The first kappa shape index (κ1) is 23.9. The quantitative estimate of drug-likeness (QED) is 0.329. The van der Waals surface area contributed by atoms with E-state index in [1.165, 1.54) is 12.1 Å². The van der Waals surface area contributed by atoms with Crippen molar-refractivity contribution in [2.75, 3.05) is 19.7 Å². The van der Waals surface area contributed by atoms with Crippen LogP contribution in [0.4, 0.5) is 4.39 Å². The molecule has 1 heterocycles. The van der Waals surface area contributed by atoms with Crippen molar-refractivity contribution in [3.63, 3.8) is 0 Å². The number of benzene rings is 1. The van der Waals surface area contributed by atoms with Gasteiger partial charge in [-0.15, -0.1) is 24.0 Å². The predicted molar refractivity (Wildman–Crippen MR) is 118 cm³/mol. The fourth-order valence-electron chi connectivity index (χ4n) is 3.40. The molecular formula is C20H33FIN3O2. The Morgan fingerprint density at radius 2 is 2.07 bits per heavy atom. The highest BCUT2D eigenvalue weighted by molar-refractivity contribution is 14.0. The van der Waals surface area contributed by atoms with E-state index in [-0.39, 0.29) is 41.2 Å². The third-order valence-corrected chi connectivity index (χ3v) is 4.61. The zero-order chi connectivity index (χ0) is 19.2. The van der Waals surface area contributed by atoms with Crippen molar-refractivity contribution < 1.29 is 14.2 Å². The molecule has 27 heavy (non-hydrogen) atoms. The number of hydrogen-bond acceptors (Lipinski definition) is 3. The van der Waals surface area contributed by atoms with Crippen LogP contribution in [-0.4, -0.2) is 36.9 Å². The van der Waals surface area contributed by atoms with Crippen LogP contribution >= 0.6 is 24.0 Å². The monoisotopic (exact) mass is 493 g/mol. The summed E-state index contributed by atoms with van der Waals surface area (Å²) >= 11 is 0. The highest BCUT2D eigenvalue weighted by Crippen LogP contribution is 2.33. The Bertz CT molecular complexity index is 620. The molecular weight excluding hydrogens is 460 g/mol. The lowest BCUT2D eigenvalue weighted by molar-refractivity contribution is -0.0835. The summed E-state index contributed by atoms with van der Waals surface area (Å²) in [4.78, 5) is 4.53. The van der Waals surface area contributed by atoms with E-state index < -0.39 is 5.82 Å². The van der Waals surface area contributed by atoms with Gasteiger partial charge < -0.3 is 20.5 Å². The van der Waals surface area contributed by atoms with Crippen LogP contribution in [0.5, 0.6) is 5.75 Å². The largest absolute Gasteiger partial charge is 0.505 e. The van der Waals surface area contributed by atoms with Crippen molar-refractivity contribution in [3.05, 3.63) is 29.6 Å². The Balaban J connectivity index is 0.00000364. The molecule has 0 aromatic heterocycles. The van der Waals surface area contributed by atoms with Gasteiger partial charge in [-0.25, -0.2) is 9.38 Å². The van der Waals surface area contributed by atoms with Crippen molar-refractivity contribution in [1.29, 1.82) is 0 Å². The molecule has 0 bridgehead atoms. The normalized spacial score (nSPS) is 20.7. The Labute approximate surface area is 179 Å². The molecule has 0 radical (unpaired) electrons. The van der Waals surface area contributed by atoms with Crippen molar-refractivity contribution in [2.45, 2.75) is 53.2 Å². The fraction of sp³-hybridized carbons (Fsp3) is 0.650. The maximum absolute atomic E-state index is 13.5. The Morgan fingerprint density at radius 1 is 1.33 bits per heavy atom. The van der Waals surface area contributed by atoms with Crippen LogP contribution in [0, 0.1) is 17.2 Å². The molecule has 1 fully saturated rings. The molecule has 0 spiro atoms. The second-order valence-electron chi connectivity index (χ2n) is 7.92. The summed E-state index contributed by atoms with van der Waals surface area (Å²) in [6.45, 7) is 11.4. The van der Waals surface area contributed by atoms with Gasteiger partial charge in [-0.1, -0.05) is 26.8 Å². The second-order valence-corrected chi connectivity index (χ2v) is 7.92. The number of ether oxygens (including phenoxy) is 1. The molecule has 5 nitrogen and oxygen atoms in total. The van der Waals surface area contributed by atoms with Gasteiger partial charge in [-0.2, -0.15) is 0 Å². The third-order valence-electron chi connectivity index (χ3n) is 4.61. The first-order chi connectivity index (χ1) is 12.3. The van der Waals surface area contributed by atoms with Crippen LogP contribution in [-0.2, 0) is 11.3 Å². The molecule has 2 atom stereocenters. The Morgan fingerprint density at radius 3 is 2.70 bits per heavy atom. The van der Waals surface area contributed by atoms with Gasteiger partial charge >= 0.3 is 0 Å². The van der Waals surface area contributed by atoms with Gasteiger partial charge in [0.05, 0.1) is 12.6 Å². The number of halogens is 2. The number of nitrogens with zero attached hydrogens (tertiary/aromatic N) is 1. The number of aromatic hydroxyl groups is 1. The molecule has 0 saturated carbocycles. The van der Waals surface area contributed by atoms with Crippen LogP contribution < -0.4 is 10.6 Å². The number of phenolic OH excluding ortho intramolecular Hbond substituents is 1. The lowest BCUT2D eigenvalue weighted by Gasteiger charge is -2.40. The van der Waals surface area contributed by atoms with Crippen molar-refractivity contribution in [3.8, 4) is 5.75 Å². The second kappa shape index (κ2) is 11.0. The summed E-state index contributed by atoms with van der Waals surface area (Å²) in [5, 5.41) is 15.9. The lowest BCUT2D eigenvalue weighted by atomic mass is 9.78. The van der Waals surface area contributed by atoms with E-state index in [9.17, 15) is 9.50 Å². The highest BCUT2D eigenvalue weighted by Gasteiger charge is 2.35. The van der Waals surface area contributed by atoms with E-state index in [1.807, 2.05) is 6.92 Å². The van der Waals surface area contributed by atoms with Gasteiger partial charge in [0.1, 0.15) is 0 Å². The Kier molecular flexibility index (Phi) is 9.80. The van der Waals surface area contributed by atoms with Crippen LogP contribution in [0.2, 0.25) is 0 Å². The molecule has 1 aliphatic heterocycles. The standard InChI is InChI=1S/C20H32FN3O2.HI/c1-5-22-19(23-12-14-8-9-17(25)16(21)11-14)24-13-15-7-6-10-26-18(15)20(2,3)4;/h8-9,11,15,18,25H,5-7,10,12-13H2,1-4H3,(H2,22,23,24);1H. The van der Waals surface area contributed by atoms with E-state index in [1.54, 1.807) is 6.07 Å². The maximum Gasteiger partial charge on any atom is 0.191 e. The van der Waals surface area contributed by atoms with Gasteiger partial charge in [0.25, 0.3) is 0 Å². The van der Waals surface area contributed by atoms with Gasteiger partial charge in [0.15, 0.2) is 17.5 Å². The minimum atomic E-state index is -0.622. The third kappa shape index (κ3) is 7.44. The molecule has 1 aromatic carbocycles. The van der Waals surface area contributed by atoms with E-state index >= 15 is 0 Å². The van der Waals surface area contributed by atoms with Crippen LogP contribution in [0.3, 0.4) is 0 Å². The average molecular weight is 493 g/mol. The molecule has 0 amide bonds.